The van der Waals surface area contributed by atoms with Gasteiger partial charge in [-0.1, -0.05) is 36.7 Å². The lowest BCUT2D eigenvalue weighted by molar-refractivity contribution is 0.0662. The molecular weight excluding hydrogens is 268 g/mol. The van der Waals surface area contributed by atoms with Gasteiger partial charge in [-0.05, 0) is 43.7 Å². The minimum Gasteiger partial charge on any atom is -0.309 e. The van der Waals surface area contributed by atoms with E-state index in [0.717, 1.165) is 30.6 Å². The number of piperazine rings is 1. The van der Waals surface area contributed by atoms with Crippen LogP contribution in [0.15, 0.2) is 24.3 Å². The smallest absolute Gasteiger partial charge is 0.0451 e. The lowest BCUT2D eigenvalue weighted by Gasteiger charge is -2.46. The Hall–Kier alpha value is -0.570. The summed E-state index contributed by atoms with van der Waals surface area (Å²) in [6.07, 6.45) is 3.96. The molecule has 0 amide bonds. The maximum atomic E-state index is 6.35. The van der Waals surface area contributed by atoms with Gasteiger partial charge in [-0.25, -0.2) is 0 Å². The van der Waals surface area contributed by atoms with Crippen molar-refractivity contribution in [3.8, 4) is 0 Å². The Kier molecular flexibility index (Phi) is 4.07. The van der Waals surface area contributed by atoms with Gasteiger partial charge in [-0.3, -0.25) is 4.90 Å². The summed E-state index contributed by atoms with van der Waals surface area (Å²) in [7, 11) is 0. The highest BCUT2D eigenvalue weighted by atomic mass is 35.5. The molecule has 0 aromatic heterocycles. The van der Waals surface area contributed by atoms with Crippen molar-refractivity contribution in [3.05, 3.63) is 34.9 Å². The minimum absolute atomic E-state index is 0.243. The predicted octanol–water partition coefficient (Wildman–Crippen LogP) is 3.69. The van der Waals surface area contributed by atoms with Gasteiger partial charge < -0.3 is 5.32 Å². The van der Waals surface area contributed by atoms with Gasteiger partial charge in [0.15, 0.2) is 0 Å². The Bertz CT molecular complexity index is 472. The SMILES string of the molecule is CCC1(C)CN(Cc2ccccc2Cl)C(C2CC2)CN1. The minimum atomic E-state index is 0.243. The van der Waals surface area contributed by atoms with Crippen molar-refractivity contribution in [3.63, 3.8) is 0 Å². The standard InChI is InChI=1S/C17H25ClN2/c1-3-17(2)12-20(16(10-19-17)13-8-9-13)11-14-6-4-5-7-15(14)18/h4-7,13,16,19H,3,8-12H2,1-2H3. The molecule has 3 rings (SSSR count). The average molecular weight is 293 g/mol. The highest BCUT2D eigenvalue weighted by Crippen LogP contribution is 2.38. The summed E-state index contributed by atoms with van der Waals surface area (Å²) in [4.78, 5) is 2.67. The van der Waals surface area contributed by atoms with Gasteiger partial charge in [0.2, 0.25) is 0 Å². The summed E-state index contributed by atoms with van der Waals surface area (Å²) in [5.74, 6) is 0.895. The molecule has 20 heavy (non-hydrogen) atoms. The lowest BCUT2D eigenvalue weighted by Crippen LogP contribution is -2.62. The van der Waals surface area contributed by atoms with E-state index in [9.17, 15) is 0 Å². The molecule has 1 aromatic carbocycles. The van der Waals surface area contributed by atoms with Crippen LogP contribution >= 0.6 is 11.6 Å². The maximum absolute atomic E-state index is 6.35. The second-order valence-corrected chi connectivity index (χ2v) is 7.10. The molecule has 3 heteroatoms. The maximum Gasteiger partial charge on any atom is 0.0451 e. The van der Waals surface area contributed by atoms with E-state index >= 15 is 0 Å². The topological polar surface area (TPSA) is 15.3 Å². The fourth-order valence-corrected chi connectivity index (χ4v) is 3.50. The van der Waals surface area contributed by atoms with Gasteiger partial charge >= 0.3 is 0 Å². The van der Waals surface area contributed by atoms with E-state index < -0.39 is 0 Å². The molecule has 2 unspecified atom stereocenters. The van der Waals surface area contributed by atoms with Gasteiger partial charge in [0.25, 0.3) is 0 Å². The van der Waals surface area contributed by atoms with Crippen molar-refractivity contribution >= 4 is 11.6 Å². The zero-order chi connectivity index (χ0) is 14.2. The molecule has 1 heterocycles. The molecular formula is C17H25ClN2. The molecule has 1 aliphatic heterocycles. The second-order valence-electron chi connectivity index (χ2n) is 6.70. The number of hydrogen-bond donors (Lipinski definition) is 1. The number of benzene rings is 1. The van der Waals surface area contributed by atoms with Crippen LogP contribution in [0.1, 0.15) is 38.7 Å². The van der Waals surface area contributed by atoms with E-state index in [-0.39, 0.29) is 5.54 Å². The molecule has 1 saturated heterocycles. The summed E-state index contributed by atoms with van der Waals surface area (Å²) in [5.41, 5.74) is 1.51. The first-order chi connectivity index (χ1) is 9.61. The molecule has 1 aliphatic carbocycles. The Balaban J connectivity index is 1.77. The molecule has 1 aromatic rings. The van der Waals surface area contributed by atoms with Crippen molar-refractivity contribution < 1.29 is 0 Å². The summed E-state index contributed by atoms with van der Waals surface area (Å²) in [6.45, 7) is 7.85. The first-order valence-corrected chi connectivity index (χ1v) is 8.21. The average Bonchev–Trinajstić information content (AvgIpc) is 3.26. The summed E-state index contributed by atoms with van der Waals surface area (Å²) in [5, 5.41) is 4.67. The van der Waals surface area contributed by atoms with Gasteiger partial charge in [-0.2, -0.15) is 0 Å². The number of halogens is 1. The monoisotopic (exact) mass is 292 g/mol. The molecule has 0 radical (unpaired) electrons. The molecule has 0 spiro atoms. The molecule has 110 valence electrons. The highest BCUT2D eigenvalue weighted by Gasteiger charge is 2.41. The Labute approximate surface area is 127 Å². The Morgan fingerprint density at radius 3 is 2.75 bits per heavy atom. The van der Waals surface area contributed by atoms with Crippen molar-refractivity contribution in [2.75, 3.05) is 13.1 Å². The molecule has 2 fully saturated rings. The summed E-state index contributed by atoms with van der Waals surface area (Å²) < 4.78 is 0. The van der Waals surface area contributed by atoms with Gasteiger partial charge in [0.05, 0.1) is 0 Å². The third-order valence-corrected chi connectivity index (χ3v) is 5.41. The fraction of sp³-hybridized carbons (Fsp3) is 0.647. The molecule has 2 atom stereocenters. The molecule has 1 saturated carbocycles. The highest BCUT2D eigenvalue weighted by molar-refractivity contribution is 6.31. The zero-order valence-electron chi connectivity index (χ0n) is 12.5. The molecule has 1 N–H and O–H groups in total. The summed E-state index contributed by atoms with van der Waals surface area (Å²) in [6, 6.07) is 8.96. The third-order valence-electron chi connectivity index (χ3n) is 5.04. The van der Waals surface area contributed by atoms with Crippen LogP contribution in [-0.4, -0.2) is 29.6 Å². The molecule has 0 bridgehead atoms. The van der Waals surface area contributed by atoms with Crippen molar-refractivity contribution in [2.24, 2.45) is 5.92 Å². The second kappa shape index (κ2) is 5.67. The quantitative estimate of drug-likeness (QED) is 0.910. The number of rotatable bonds is 4. The van der Waals surface area contributed by atoms with Crippen molar-refractivity contribution in [1.29, 1.82) is 0 Å². The van der Waals surface area contributed by atoms with Crippen LogP contribution in [0.4, 0.5) is 0 Å². The number of nitrogens with one attached hydrogen (secondary N) is 1. The van der Waals surface area contributed by atoms with E-state index in [4.69, 9.17) is 11.6 Å². The normalized spacial score (nSPS) is 31.4. The zero-order valence-corrected chi connectivity index (χ0v) is 13.3. The predicted molar refractivity (Wildman–Crippen MR) is 85.1 cm³/mol. The lowest BCUT2D eigenvalue weighted by atomic mass is 9.91. The van der Waals surface area contributed by atoms with Crippen LogP contribution < -0.4 is 5.32 Å². The first-order valence-electron chi connectivity index (χ1n) is 7.84. The number of nitrogens with zero attached hydrogens (tertiary/aromatic N) is 1. The van der Waals surface area contributed by atoms with Crippen LogP contribution in [0.5, 0.6) is 0 Å². The summed E-state index contributed by atoms with van der Waals surface area (Å²) >= 11 is 6.35. The Morgan fingerprint density at radius 1 is 1.35 bits per heavy atom. The van der Waals surface area contributed by atoms with Crippen molar-refractivity contribution in [2.45, 2.75) is 51.2 Å². The van der Waals surface area contributed by atoms with Crippen LogP contribution in [-0.2, 0) is 6.54 Å². The van der Waals surface area contributed by atoms with E-state index in [1.54, 1.807) is 0 Å². The first kappa shape index (κ1) is 14.4. The Morgan fingerprint density at radius 2 is 2.10 bits per heavy atom. The van der Waals surface area contributed by atoms with E-state index in [1.165, 1.54) is 24.8 Å². The van der Waals surface area contributed by atoms with Crippen LogP contribution in [0.3, 0.4) is 0 Å². The molecule has 2 nitrogen and oxygen atoms in total. The van der Waals surface area contributed by atoms with E-state index in [1.807, 2.05) is 12.1 Å². The third kappa shape index (κ3) is 3.03. The van der Waals surface area contributed by atoms with Gasteiger partial charge in [0.1, 0.15) is 0 Å². The van der Waals surface area contributed by atoms with Crippen LogP contribution in [0.2, 0.25) is 5.02 Å². The van der Waals surface area contributed by atoms with E-state index in [2.05, 4.69) is 36.2 Å². The van der Waals surface area contributed by atoms with E-state index in [0.29, 0.717) is 6.04 Å². The van der Waals surface area contributed by atoms with Crippen LogP contribution in [0, 0.1) is 5.92 Å². The van der Waals surface area contributed by atoms with Crippen LogP contribution in [0.25, 0.3) is 0 Å². The van der Waals surface area contributed by atoms with Gasteiger partial charge in [-0.15, -0.1) is 0 Å². The molecule has 2 aliphatic rings. The fourth-order valence-electron chi connectivity index (χ4n) is 3.30. The van der Waals surface area contributed by atoms with Crippen molar-refractivity contribution in [1.82, 2.24) is 10.2 Å². The largest absolute Gasteiger partial charge is 0.309 e. The van der Waals surface area contributed by atoms with Gasteiger partial charge in [0, 0.05) is 36.2 Å². The number of hydrogen-bond acceptors (Lipinski definition) is 2.